The van der Waals surface area contributed by atoms with Crippen LogP contribution in [0.25, 0.3) is 0 Å². The van der Waals surface area contributed by atoms with Crippen molar-refractivity contribution in [1.82, 2.24) is 9.97 Å². The number of hydrogen-bond acceptors (Lipinski definition) is 7. The van der Waals surface area contributed by atoms with Crippen LogP contribution in [-0.4, -0.2) is 9.97 Å². The standard InChI is InChI=1S/C12H15N7/c1-2-7-5-3-4-6-8(7)18-19-9-10(13)16-12(15)17-11(9)14/h3-6H,2H2,1H3,(H6,13,14,15,16,17). The van der Waals surface area contributed by atoms with Gasteiger partial charge in [-0.15, -0.1) is 5.11 Å². The molecule has 0 spiro atoms. The van der Waals surface area contributed by atoms with Crippen LogP contribution in [0.15, 0.2) is 34.5 Å². The van der Waals surface area contributed by atoms with Crippen molar-refractivity contribution in [2.45, 2.75) is 13.3 Å². The summed E-state index contributed by atoms with van der Waals surface area (Å²) in [4.78, 5) is 7.60. The Morgan fingerprint density at radius 2 is 1.63 bits per heavy atom. The van der Waals surface area contributed by atoms with Crippen molar-refractivity contribution in [3.05, 3.63) is 29.8 Å². The first-order valence-electron chi connectivity index (χ1n) is 5.80. The van der Waals surface area contributed by atoms with Crippen molar-refractivity contribution < 1.29 is 0 Å². The Morgan fingerprint density at radius 1 is 1.00 bits per heavy atom. The van der Waals surface area contributed by atoms with Crippen LogP contribution in [-0.2, 0) is 6.42 Å². The third-order valence-corrected chi connectivity index (χ3v) is 2.59. The van der Waals surface area contributed by atoms with E-state index in [2.05, 4.69) is 20.2 Å². The number of hydrogen-bond donors (Lipinski definition) is 3. The molecule has 98 valence electrons. The van der Waals surface area contributed by atoms with Gasteiger partial charge < -0.3 is 17.2 Å². The zero-order valence-electron chi connectivity index (χ0n) is 10.5. The van der Waals surface area contributed by atoms with E-state index in [1.54, 1.807) is 0 Å². The van der Waals surface area contributed by atoms with Gasteiger partial charge in [-0.05, 0) is 18.1 Å². The highest BCUT2D eigenvalue weighted by Crippen LogP contribution is 2.29. The average Bonchev–Trinajstić information content (AvgIpc) is 2.38. The summed E-state index contributed by atoms with van der Waals surface area (Å²) in [6.45, 7) is 2.05. The average molecular weight is 257 g/mol. The molecule has 0 bridgehead atoms. The van der Waals surface area contributed by atoms with Gasteiger partial charge in [0.05, 0.1) is 5.69 Å². The van der Waals surface area contributed by atoms with Gasteiger partial charge >= 0.3 is 0 Å². The summed E-state index contributed by atoms with van der Waals surface area (Å²) in [5.41, 5.74) is 18.9. The normalized spacial score (nSPS) is 11.0. The van der Waals surface area contributed by atoms with Crippen LogP contribution >= 0.6 is 0 Å². The molecule has 1 heterocycles. The van der Waals surface area contributed by atoms with Crippen molar-refractivity contribution in [3.63, 3.8) is 0 Å². The minimum atomic E-state index is 0.0166. The van der Waals surface area contributed by atoms with Gasteiger partial charge in [-0.25, -0.2) is 0 Å². The van der Waals surface area contributed by atoms with E-state index in [4.69, 9.17) is 17.2 Å². The first kappa shape index (κ1) is 12.7. The maximum absolute atomic E-state index is 5.69. The first-order valence-corrected chi connectivity index (χ1v) is 5.80. The van der Waals surface area contributed by atoms with E-state index in [1.807, 2.05) is 31.2 Å². The van der Waals surface area contributed by atoms with Crippen LogP contribution in [0.1, 0.15) is 12.5 Å². The molecule has 0 amide bonds. The van der Waals surface area contributed by atoms with Gasteiger partial charge in [0, 0.05) is 0 Å². The number of rotatable bonds is 3. The molecule has 0 unspecified atom stereocenters. The molecule has 1 aromatic heterocycles. The first-order chi connectivity index (χ1) is 9.11. The number of benzene rings is 1. The van der Waals surface area contributed by atoms with Crippen LogP contribution in [0.4, 0.5) is 29.0 Å². The van der Waals surface area contributed by atoms with Crippen LogP contribution in [0, 0.1) is 0 Å². The smallest absolute Gasteiger partial charge is 0.224 e. The number of anilines is 3. The van der Waals surface area contributed by atoms with Crippen molar-refractivity contribution in [2.24, 2.45) is 10.2 Å². The zero-order valence-corrected chi connectivity index (χ0v) is 10.5. The molecule has 0 saturated carbocycles. The van der Waals surface area contributed by atoms with E-state index in [1.165, 1.54) is 0 Å². The molecule has 19 heavy (non-hydrogen) atoms. The van der Waals surface area contributed by atoms with Gasteiger partial charge in [-0.2, -0.15) is 15.1 Å². The largest absolute Gasteiger partial charge is 0.382 e. The van der Waals surface area contributed by atoms with Crippen molar-refractivity contribution >= 4 is 29.0 Å². The monoisotopic (exact) mass is 257 g/mol. The molecule has 7 heteroatoms. The third-order valence-electron chi connectivity index (χ3n) is 2.59. The molecule has 0 radical (unpaired) electrons. The van der Waals surface area contributed by atoms with E-state index in [9.17, 15) is 0 Å². The maximum Gasteiger partial charge on any atom is 0.224 e. The second kappa shape index (κ2) is 5.30. The number of nitrogen functional groups attached to an aromatic ring is 3. The molecule has 0 atom stereocenters. The van der Waals surface area contributed by atoms with Gasteiger partial charge in [0.2, 0.25) is 5.95 Å². The van der Waals surface area contributed by atoms with Crippen LogP contribution in [0.2, 0.25) is 0 Å². The number of nitrogens with two attached hydrogens (primary N) is 3. The van der Waals surface area contributed by atoms with Gasteiger partial charge in [0.15, 0.2) is 17.3 Å². The molecular weight excluding hydrogens is 242 g/mol. The molecule has 0 aliphatic heterocycles. The molecule has 0 aliphatic rings. The lowest BCUT2D eigenvalue weighted by Crippen LogP contribution is -2.03. The van der Waals surface area contributed by atoms with Gasteiger partial charge in [0.1, 0.15) is 0 Å². The molecule has 0 saturated heterocycles. The van der Waals surface area contributed by atoms with Gasteiger partial charge in [-0.1, -0.05) is 25.1 Å². The van der Waals surface area contributed by atoms with E-state index < -0.39 is 0 Å². The Kier molecular flexibility index (Phi) is 3.56. The molecule has 2 rings (SSSR count). The van der Waals surface area contributed by atoms with Crippen LogP contribution in [0.5, 0.6) is 0 Å². The van der Waals surface area contributed by atoms with Crippen molar-refractivity contribution in [3.8, 4) is 0 Å². The highest BCUT2D eigenvalue weighted by Gasteiger charge is 2.08. The van der Waals surface area contributed by atoms with Gasteiger partial charge in [-0.3, -0.25) is 0 Å². The molecular formula is C12H15N7. The molecule has 2 aromatic rings. The van der Waals surface area contributed by atoms with Crippen LogP contribution in [0.3, 0.4) is 0 Å². The fourth-order valence-electron chi connectivity index (χ4n) is 1.62. The highest BCUT2D eigenvalue weighted by atomic mass is 15.2. The van der Waals surface area contributed by atoms with Crippen molar-refractivity contribution in [1.29, 1.82) is 0 Å². The Balaban J connectivity index is 2.38. The van der Waals surface area contributed by atoms with E-state index in [-0.39, 0.29) is 23.3 Å². The Morgan fingerprint density at radius 3 is 2.26 bits per heavy atom. The number of azo groups is 1. The second-order valence-corrected chi connectivity index (χ2v) is 3.88. The summed E-state index contributed by atoms with van der Waals surface area (Å²) in [5, 5.41) is 8.16. The summed E-state index contributed by atoms with van der Waals surface area (Å²) in [5.74, 6) is 0.244. The summed E-state index contributed by atoms with van der Waals surface area (Å²) in [7, 11) is 0. The Bertz CT molecular complexity index is 598. The Labute approximate surface area is 110 Å². The third kappa shape index (κ3) is 2.76. The molecule has 6 N–H and O–H groups in total. The lowest BCUT2D eigenvalue weighted by Gasteiger charge is -2.04. The van der Waals surface area contributed by atoms with E-state index in [0.717, 1.165) is 17.7 Å². The summed E-state index contributed by atoms with van der Waals surface area (Å²) in [6, 6.07) is 7.69. The molecule has 0 aliphatic carbocycles. The summed E-state index contributed by atoms with van der Waals surface area (Å²) >= 11 is 0. The fourth-order valence-corrected chi connectivity index (χ4v) is 1.62. The lowest BCUT2D eigenvalue weighted by molar-refractivity contribution is 1.10. The number of nitrogens with zero attached hydrogens (tertiary/aromatic N) is 4. The zero-order chi connectivity index (χ0) is 13.8. The quantitative estimate of drug-likeness (QED) is 0.726. The lowest BCUT2D eigenvalue weighted by atomic mass is 10.1. The topological polar surface area (TPSA) is 129 Å². The summed E-state index contributed by atoms with van der Waals surface area (Å²) < 4.78 is 0. The predicted octanol–water partition coefficient (Wildman–Crippen LogP) is 2.20. The highest BCUT2D eigenvalue weighted by molar-refractivity contribution is 5.71. The number of aromatic nitrogens is 2. The minimum Gasteiger partial charge on any atom is -0.382 e. The van der Waals surface area contributed by atoms with Crippen molar-refractivity contribution in [2.75, 3.05) is 17.2 Å². The number of aryl methyl sites for hydroxylation is 1. The minimum absolute atomic E-state index is 0.0166. The van der Waals surface area contributed by atoms with E-state index in [0.29, 0.717) is 0 Å². The fraction of sp³-hybridized carbons (Fsp3) is 0.167. The van der Waals surface area contributed by atoms with E-state index >= 15 is 0 Å². The predicted molar refractivity (Wildman–Crippen MR) is 75.3 cm³/mol. The molecule has 0 fully saturated rings. The second-order valence-electron chi connectivity index (χ2n) is 3.88. The SMILES string of the molecule is CCc1ccccc1N=Nc1c(N)nc(N)nc1N. The Hall–Kier alpha value is -2.70. The van der Waals surface area contributed by atoms with Gasteiger partial charge in [0.25, 0.3) is 0 Å². The molecule has 7 nitrogen and oxygen atoms in total. The maximum atomic E-state index is 5.69. The van der Waals surface area contributed by atoms with Crippen LogP contribution < -0.4 is 17.2 Å². The molecule has 1 aromatic carbocycles. The summed E-state index contributed by atoms with van der Waals surface area (Å²) in [6.07, 6.45) is 0.860.